The van der Waals surface area contributed by atoms with Crippen molar-refractivity contribution in [1.82, 2.24) is 9.55 Å². The van der Waals surface area contributed by atoms with Gasteiger partial charge in [-0.15, -0.1) is 0 Å². The fourth-order valence-corrected chi connectivity index (χ4v) is 2.99. The number of hydrogen-bond donors (Lipinski definition) is 0. The zero-order chi connectivity index (χ0) is 17.8. The Hall–Kier alpha value is -2.47. The largest absolute Gasteiger partial charge is 0.459 e. The smallest absolute Gasteiger partial charge is 0.329 e. The molecule has 0 aliphatic carbocycles. The van der Waals surface area contributed by atoms with Gasteiger partial charge in [-0.25, -0.2) is 9.78 Å². The summed E-state index contributed by atoms with van der Waals surface area (Å²) in [6.07, 6.45) is 1.85. The van der Waals surface area contributed by atoms with Crippen LogP contribution in [-0.2, 0) is 16.1 Å². The molecular weight excluding hydrogens is 384 g/mol. The number of rotatable bonds is 5. The molecule has 0 saturated carbocycles. The van der Waals surface area contributed by atoms with Gasteiger partial charge in [0, 0.05) is 4.47 Å². The van der Waals surface area contributed by atoms with E-state index in [1.54, 1.807) is 12.1 Å². The van der Waals surface area contributed by atoms with E-state index in [0.717, 1.165) is 10.0 Å². The minimum atomic E-state index is -0.702. The second-order valence-corrected chi connectivity index (χ2v) is 6.55. The number of fused-ring (bicyclic) bond motifs is 1. The summed E-state index contributed by atoms with van der Waals surface area (Å²) in [5.74, 6) is -0.440. The number of carbonyl (C=O) groups excluding carboxylic acids is 1. The zero-order valence-electron chi connectivity index (χ0n) is 13.7. The van der Waals surface area contributed by atoms with Crippen LogP contribution >= 0.6 is 15.9 Å². The van der Waals surface area contributed by atoms with Gasteiger partial charge in [-0.05, 0) is 30.2 Å². The predicted octanol–water partition coefficient (Wildman–Crippen LogP) is 3.85. The SMILES string of the molecule is CCC(C(=O)OCc1ccccc1)n1cnc2ccc(Br)cc2c1=O. The van der Waals surface area contributed by atoms with E-state index in [0.29, 0.717) is 17.3 Å². The quantitative estimate of drug-likeness (QED) is 0.610. The van der Waals surface area contributed by atoms with Gasteiger partial charge in [0.1, 0.15) is 12.6 Å². The molecule has 1 aromatic heterocycles. The van der Waals surface area contributed by atoms with E-state index in [4.69, 9.17) is 4.74 Å². The van der Waals surface area contributed by atoms with Crippen molar-refractivity contribution in [2.45, 2.75) is 26.0 Å². The Balaban J connectivity index is 1.87. The Kier molecular flexibility index (Phi) is 5.28. The highest BCUT2D eigenvalue weighted by molar-refractivity contribution is 9.10. The van der Waals surface area contributed by atoms with Gasteiger partial charge in [-0.3, -0.25) is 9.36 Å². The molecule has 1 atom stereocenters. The normalized spacial score (nSPS) is 12.1. The fraction of sp³-hybridized carbons (Fsp3) is 0.211. The molecule has 0 N–H and O–H groups in total. The molecule has 0 saturated heterocycles. The summed E-state index contributed by atoms with van der Waals surface area (Å²) in [5.41, 5.74) is 1.24. The van der Waals surface area contributed by atoms with Gasteiger partial charge in [0.05, 0.1) is 17.2 Å². The van der Waals surface area contributed by atoms with Crippen LogP contribution in [0.15, 0.2) is 64.1 Å². The van der Waals surface area contributed by atoms with Gasteiger partial charge >= 0.3 is 5.97 Å². The Bertz CT molecular complexity index is 954. The molecule has 6 heteroatoms. The molecule has 0 spiro atoms. The first-order valence-corrected chi connectivity index (χ1v) is 8.76. The van der Waals surface area contributed by atoms with Crippen LogP contribution in [0.5, 0.6) is 0 Å². The van der Waals surface area contributed by atoms with Crippen molar-refractivity contribution in [3.8, 4) is 0 Å². The topological polar surface area (TPSA) is 61.2 Å². The Morgan fingerprint density at radius 2 is 2.00 bits per heavy atom. The lowest BCUT2D eigenvalue weighted by Crippen LogP contribution is -2.31. The van der Waals surface area contributed by atoms with E-state index in [9.17, 15) is 9.59 Å². The lowest BCUT2D eigenvalue weighted by atomic mass is 10.2. The number of aromatic nitrogens is 2. The molecule has 5 nitrogen and oxygen atoms in total. The lowest BCUT2D eigenvalue weighted by molar-refractivity contribution is -0.149. The summed E-state index contributed by atoms with van der Waals surface area (Å²) in [6, 6.07) is 14.0. The third-order valence-corrected chi connectivity index (χ3v) is 4.46. The number of esters is 1. The van der Waals surface area contributed by atoms with Gasteiger partial charge in [0.15, 0.2) is 0 Å². The second kappa shape index (κ2) is 7.61. The second-order valence-electron chi connectivity index (χ2n) is 5.64. The maximum absolute atomic E-state index is 12.8. The van der Waals surface area contributed by atoms with Crippen LogP contribution in [0, 0.1) is 0 Å². The van der Waals surface area contributed by atoms with E-state index in [2.05, 4.69) is 20.9 Å². The summed E-state index contributed by atoms with van der Waals surface area (Å²) in [6.45, 7) is 2.02. The van der Waals surface area contributed by atoms with Crippen molar-refractivity contribution in [2.75, 3.05) is 0 Å². The van der Waals surface area contributed by atoms with Crippen LogP contribution in [0.4, 0.5) is 0 Å². The van der Waals surface area contributed by atoms with Crippen LogP contribution in [0.1, 0.15) is 24.9 Å². The molecule has 0 bridgehead atoms. The Morgan fingerprint density at radius 1 is 1.24 bits per heavy atom. The van der Waals surface area contributed by atoms with Crippen molar-refractivity contribution in [3.63, 3.8) is 0 Å². The number of hydrogen-bond acceptors (Lipinski definition) is 4. The van der Waals surface area contributed by atoms with Gasteiger partial charge in [-0.2, -0.15) is 0 Å². The van der Waals surface area contributed by atoms with Crippen molar-refractivity contribution < 1.29 is 9.53 Å². The number of carbonyl (C=O) groups is 1. The molecule has 128 valence electrons. The van der Waals surface area contributed by atoms with E-state index >= 15 is 0 Å². The molecule has 0 fully saturated rings. The highest BCUT2D eigenvalue weighted by Crippen LogP contribution is 2.18. The third-order valence-electron chi connectivity index (χ3n) is 3.96. The zero-order valence-corrected chi connectivity index (χ0v) is 15.3. The van der Waals surface area contributed by atoms with Crippen LogP contribution in [0.3, 0.4) is 0 Å². The van der Waals surface area contributed by atoms with Crippen LogP contribution in [0.2, 0.25) is 0 Å². The molecule has 1 unspecified atom stereocenters. The summed E-state index contributed by atoms with van der Waals surface area (Å²) in [5, 5.41) is 0.464. The minimum absolute atomic E-state index is 0.178. The van der Waals surface area contributed by atoms with Gasteiger partial charge in [0.25, 0.3) is 5.56 Å². The van der Waals surface area contributed by atoms with Gasteiger partial charge in [-0.1, -0.05) is 53.2 Å². The number of nitrogens with zero attached hydrogens (tertiary/aromatic N) is 2. The molecular formula is C19H17BrN2O3. The molecule has 3 rings (SSSR count). The maximum Gasteiger partial charge on any atom is 0.329 e. The van der Waals surface area contributed by atoms with E-state index < -0.39 is 12.0 Å². The monoisotopic (exact) mass is 400 g/mol. The maximum atomic E-state index is 12.8. The average molecular weight is 401 g/mol. The molecule has 25 heavy (non-hydrogen) atoms. The highest BCUT2D eigenvalue weighted by Gasteiger charge is 2.22. The number of benzene rings is 2. The van der Waals surface area contributed by atoms with E-state index in [1.165, 1.54) is 10.9 Å². The minimum Gasteiger partial charge on any atom is -0.459 e. The van der Waals surface area contributed by atoms with Crippen LogP contribution in [0.25, 0.3) is 10.9 Å². The molecule has 3 aromatic rings. The average Bonchev–Trinajstić information content (AvgIpc) is 2.63. The summed E-state index contributed by atoms with van der Waals surface area (Å²) in [7, 11) is 0. The van der Waals surface area contributed by atoms with Crippen molar-refractivity contribution >= 4 is 32.8 Å². The van der Waals surface area contributed by atoms with E-state index in [-0.39, 0.29) is 12.2 Å². The van der Waals surface area contributed by atoms with Gasteiger partial charge < -0.3 is 4.74 Å². The fourth-order valence-electron chi connectivity index (χ4n) is 2.63. The van der Waals surface area contributed by atoms with Gasteiger partial charge in [0.2, 0.25) is 0 Å². The standard InChI is InChI=1S/C19H17BrN2O3/c1-2-17(19(24)25-11-13-6-4-3-5-7-13)22-12-21-16-9-8-14(20)10-15(16)18(22)23/h3-10,12,17H,2,11H2,1H3. The Morgan fingerprint density at radius 3 is 2.72 bits per heavy atom. The number of ether oxygens (including phenoxy) is 1. The van der Waals surface area contributed by atoms with Crippen LogP contribution < -0.4 is 5.56 Å². The summed E-state index contributed by atoms with van der Waals surface area (Å²) < 4.78 is 7.53. The first kappa shape index (κ1) is 17.4. The molecule has 0 radical (unpaired) electrons. The summed E-state index contributed by atoms with van der Waals surface area (Å²) >= 11 is 3.36. The molecule has 0 aliphatic rings. The highest BCUT2D eigenvalue weighted by atomic mass is 79.9. The first-order chi connectivity index (χ1) is 12.1. The van der Waals surface area contributed by atoms with Crippen LogP contribution in [-0.4, -0.2) is 15.5 Å². The lowest BCUT2D eigenvalue weighted by Gasteiger charge is -2.17. The first-order valence-electron chi connectivity index (χ1n) is 7.97. The molecule has 2 aromatic carbocycles. The molecule has 0 aliphatic heterocycles. The Labute approximate surface area is 153 Å². The third kappa shape index (κ3) is 3.79. The van der Waals surface area contributed by atoms with E-state index in [1.807, 2.05) is 43.3 Å². The van der Waals surface area contributed by atoms with Crippen molar-refractivity contribution in [3.05, 3.63) is 75.2 Å². The van der Waals surface area contributed by atoms with Crippen molar-refractivity contribution in [2.24, 2.45) is 0 Å². The number of halogens is 1. The van der Waals surface area contributed by atoms with Crippen molar-refractivity contribution in [1.29, 1.82) is 0 Å². The predicted molar refractivity (Wildman–Crippen MR) is 99.3 cm³/mol. The summed E-state index contributed by atoms with van der Waals surface area (Å²) in [4.78, 5) is 29.5. The molecule has 0 amide bonds. The molecule has 1 heterocycles.